The molecule has 2 saturated heterocycles. The summed E-state index contributed by atoms with van der Waals surface area (Å²) < 4.78 is 10.2. The van der Waals surface area contributed by atoms with Crippen LogP contribution in [0.5, 0.6) is 0 Å². The van der Waals surface area contributed by atoms with E-state index in [1.165, 1.54) is 0 Å². The summed E-state index contributed by atoms with van der Waals surface area (Å²) in [7, 11) is 1.56. The van der Waals surface area contributed by atoms with Gasteiger partial charge in [-0.25, -0.2) is 0 Å². The van der Waals surface area contributed by atoms with Crippen molar-refractivity contribution < 1.29 is 14.3 Å². The lowest BCUT2D eigenvalue weighted by Crippen LogP contribution is -2.45. The van der Waals surface area contributed by atoms with E-state index in [-0.39, 0.29) is 12.5 Å². The summed E-state index contributed by atoms with van der Waals surface area (Å²) in [4.78, 5) is 16.0. The Morgan fingerprint density at radius 3 is 2.81 bits per heavy atom. The molecule has 1 atom stereocenters. The summed E-state index contributed by atoms with van der Waals surface area (Å²) in [5.74, 6) is 0.109. The van der Waals surface area contributed by atoms with E-state index in [0.717, 1.165) is 45.8 Å². The van der Waals surface area contributed by atoms with Crippen molar-refractivity contribution in [2.75, 3.05) is 53.1 Å². The highest BCUT2D eigenvalue weighted by molar-refractivity contribution is 5.77. The van der Waals surface area contributed by atoms with E-state index in [1.54, 1.807) is 7.11 Å². The van der Waals surface area contributed by atoms with Crippen LogP contribution in [0.3, 0.4) is 0 Å². The highest BCUT2D eigenvalue weighted by atomic mass is 16.5. The van der Waals surface area contributed by atoms with E-state index >= 15 is 0 Å². The maximum absolute atomic E-state index is 11.6. The van der Waals surface area contributed by atoms with E-state index in [0.29, 0.717) is 6.04 Å². The number of nitrogens with zero attached hydrogens (tertiary/aromatic N) is 2. The van der Waals surface area contributed by atoms with E-state index < -0.39 is 0 Å². The molecular formula is C11H20N2O3. The van der Waals surface area contributed by atoms with E-state index in [1.807, 2.05) is 4.90 Å². The van der Waals surface area contributed by atoms with Gasteiger partial charge >= 0.3 is 0 Å². The summed E-state index contributed by atoms with van der Waals surface area (Å²) in [6, 6.07) is 0.518. The molecule has 0 aromatic rings. The number of hydrogen-bond donors (Lipinski definition) is 0. The molecule has 2 rings (SSSR count). The highest BCUT2D eigenvalue weighted by Gasteiger charge is 2.30. The molecule has 5 heteroatoms. The smallest absolute Gasteiger partial charge is 0.248 e. The third-order valence-corrected chi connectivity index (χ3v) is 3.35. The van der Waals surface area contributed by atoms with Crippen molar-refractivity contribution in [2.45, 2.75) is 12.5 Å². The number of rotatable bonds is 3. The number of amides is 1. The number of carbonyl (C=O) groups is 1. The van der Waals surface area contributed by atoms with Crippen LogP contribution in [0.15, 0.2) is 0 Å². The Balaban J connectivity index is 1.80. The summed E-state index contributed by atoms with van der Waals surface area (Å²) in [6.07, 6.45) is 1.08. The van der Waals surface area contributed by atoms with Gasteiger partial charge in [0.05, 0.1) is 13.2 Å². The Hall–Kier alpha value is -0.650. The molecule has 2 aliphatic heterocycles. The zero-order chi connectivity index (χ0) is 11.4. The minimum atomic E-state index is 0.109. The molecule has 0 N–H and O–H groups in total. The average molecular weight is 228 g/mol. The van der Waals surface area contributed by atoms with Crippen molar-refractivity contribution in [3.8, 4) is 0 Å². The summed E-state index contributed by atoms with van der Waals surface area (Å²) in [5, 5.41) is 0. The fourth-order valence-corrected chi connectivity index (χ4v) is 2.42. The lowest BCUT2D eigenvalue weighted by atomic mass is 10.2. The summed E-state index contributed by atoms with van der Waals surface area (Å²) in [6.45, 7) is 5.56. The minimum absolute atomic E-state index is 0.109. The second kappa shape index (κ2) is 5.61. The first-order valence-electron chi connectivity index (χ1n) is 5.90. The van der Waals surface area contributed by atoms with Crippen molar-refractivity contribution in [2.24, 2.45) is 0 Å². The van der Waals surface area contributed by atoms with Crippen LogP contribution in [0.4, 0.5) is 0 Å². The standard InChI is InChI=1S/C11H20N2O3/c1-15-9-11(14)13-3-2-10(8-13)12-4-6-16-7-5-12/h10H,2-9H2,1H3. The summed E-state index contributed by atoms with van der Waals surface area (Å²) in [5.41, 5.74) is 0. The Labute approximate surface area is 96.3 Å². The third kappa shape index (κ3) is 2.72. The predicted octanol–water partition coefficient (Wildman–Crippen LogP) is -0.434. The SMILES string of the molecule is COCC(=O)N1CCC(N2CCOCC2)C1. The van der Waals surface area contributed by atoms with Gasteiger partial charge in [0.15, 0.2) is 0 Å². The van der Waals surface area contributed by atoms with Crippen LogP contribution in [-0.4, -0.2) is 74.9 Å². The van der Waals surface area contributed by atoms with Crippen molar-refractivity contribution >= 4 is 5.91 Å². The Morgan fingerprint density at radius 2 is 2.12 bits per heavy atom. The molecule has 0 aliphatic carbocycles. The molecule has 0 aromatic heterocycles. The van der Waals surface area contributed by atoms with Gasteiger partial charge in [0.2, 0.25) is 5.91 Å². The van der Waals surface area contributed by atoms with Crippen LogP contribution in [0, 0.1) is 0 Å². The van der Waals surface area contributed by atoms with Crippen LogP contribution in [0.1, 0.15) is 6.42 Å². The van der Waals surface area contributed by atoms with E-state index in [4.69, 9.17) is 9.47 Å². The van der Waals surface area contributed by atoms with E-state index in [9.17, 15) is 4.79 Å². The predicted molar refractivity (Wildman–Crippen MR) is 59.3 cm³/mol. The third-order valence-electron chi connectivity index (χ3n) is 3.35. The van der Waals surface area contributed by atoms with Crippen molar-refractivity contribution in [3.05, 3.63) is 0 Å². The Morgan fingerprint density at radius 1 is 1.38 bits per heavy atom. The number of methoxy groups -OCH3 is 1. The highest BCUT2D eigenvalue weighted by Crippen LogP contribution is 2.16. The molecule has 2 fully saturated rings. The molecule has 0 bridgehead atoms. The first-order valence-corrected chi connectivity index (χ1v) is 5.90. The van der Waals surface area contributed by atoms with Gasteiger partial charge in [-0.2, -0.15) is 0 Å². The summed E-state index contributed by atoms with van der Waals surface area (Å²) >= 11 is 0. The first-order chi connectivity index (χ1) is 7.81. The van der Waals surface area contributed by atoms with Gasteiger partial charge in [0, 0.05) is 39.3 Å². The second-order valence-corrected chi connectivity index (χ2v) is 4.36. The molecular weight excluding hydrogens is 208 g/mol. The molecule has 0 radical (unpaired) electrons. The lowest BCUT2D eigenvalue weighted by molar-refractivity contribution is -0.134. The number of hydrogen-bond acceptors (Lipinski definition) is 4. The van der Waals surface area contributed by atoms with Crippen LogP contribution in [0.25, 0.3) is 0 Å². The normalized spacial score (nSPS) is 27.3. The van der Waals surface area contributed by atoms with Crippen molar-refractivity contribution in [1.29, 1.82) is 0 Å². The topological polar surface area (TPSA) is 42.0 Å². The Kier molecular flexibility index (Phi) is 4.15. The number of carbonyl (C=O) groups excluding carboxylic acids is 1. The fourth-order valence-electron chi connectivity index (χ4n) is 2.42. The van der Waals surface area contributed by atoms with Crippen molar-refractivity contribution in [3.63, 3.8) is 0 Å². The minimum Gasteiger partial charge on any atom is -0.379 e. The van der Waals surface area contributed by atoms with Gasteiger partial charge < -0.3 is 14.4 Å². The molecule has 1 amide bonds. The molecule has 92 valence electrons. The zero-order valence-corrected chi connectivity index (χ0v) is 9.85. The van der Waals surface area contributed by atoms with Gasteiger partial charge in [-0.1, -0.05) is 0 Å². The van der Waals surface area contributed by atoms with Crippen LogP contribution in [0.2, 0.25) is 0 Å². The number of likely N-dealkylation sites (tertiary alicyclic amines) is 1. The van der Waals surface area contributed by atoms with Gasteiger partial charge in [0.1, 0.15) is 6.61 Å². The number of ether oxygens (including phenoxy) is 2. The second-order valence-electron chi connectivity index (χ2n) is 4.36. The van der Waals surface area contributed by atoms with Gasteiger partial charge in [0.25, 0.3) is 0 Å². The van der Waals surface area contributed by atoms with Crippen LogP contribution in [-0.2, 0) is 14.3 Å². The zero-order valence-electron chi connectivity index (χ0n) is 9.85. The number of morpholine rings is 1. The molecule has 2 heterocycles. The van der Waals surface area contributed by atoms with Gasteiger partial charge in [-0.15, -0.1) is 0 Å². The average Bonchev–Trinajstić information content (AvgIpc) is 2.80. The Bertz CT molecular complexity index is 241. The van der Waals surface area contributed by atoms with Gasteiger partial charge in [-0.05, 0) is 6.42 Å². The molecule has 0 saturated carbocycles. The monoisotopic (exact) mass is 228 g/mol. The molecule has 0 aromatic carbocycles. The largest absolute Gasteiger partial charge is 0.379 e. The fraction of sp³-hybridized carbons (Fsp3) is 0.909. The molecule has 1 unspecified atom stereocenters. The molecule has 2 aliphatic rings. The van der Waals surface area contributed by atoms with Crippen LogP contribution >= 0.6 is 0 Å². The molecule has 5 nitrogen and oxygen atoms in total. The lowest BCUT2D eigenvalue weighted by Gasteiger charge is -2.32. The quantitative estimate of drug-likeness (QED) is 0.657. The van der Waals surface area contributed by atoms with Gasteiger partial charge in [-0.3, -0.25) is 9.69 Å². The van der Waals surface area contributed by atoms with E-state index in [2.05, 4.69) is 4.90 Å². The first kappa shape index (κ1) is 11.8. The maximum Gasteiger partial charge on any atom is 0.248 e. The molecule has 16 heavy (non-hydrogen) atoms. The van der Waals surface area contributed by atoms with Crippen molar-refractivity contribution in [1.82, 2.24) is 9.80 Å². The maximum atomic E-state index is 11.6. The molecule has 0 spiro atoms. The van der Waals surface area contributed by atoms with Crippen LogP contribution < -0.4 is 0 Å².